The molecule has 0 spiro atoms. The standard InChI is InChI=1S/C16H24N2O2/c1-16(2,3)20-15(19)18-11-13-7-5-4-6-12(13)10-14(18)8-9-17/h4-7,14H,8-11,17H2,1-3H3. The number of carbonyl (C=O) groups is 1. The Morgan fingerprint density at radius 3 is 2.60 bits per heavy atom. The molecule has 0 fully saturated rings. The van der Waals surface area contributed by atoms with E-state index in [1.807, 2.05) is 37.8 Å². The van der Waals surface area contributed by atoms with Crippen LogP contribution in [0.1, 0.15) is 38.3 Å². The van der Waals surface area contributed by atoms with Crippen LogP contribution in [0.2, 0.25) is 0 Å². The zero-order chi connectivity index (χ0) is 14.8. The summed E-state index contributed by atoms with van der Waals surface area (Å²) in [4.78, 5) is 14.2. The monoisotopic (exact) mass is 276 g/mol. The number of amides is 1. The molecule has 0 saturated carbocycles. The van der Waals surface area contributed by atoms with Gasteiger partial charge in [0.2, 0.25) is 0 Å². The molecule has 0 aromatic heterocycles. The molecule has 0 saturated heterocycles. The fraction of sp³-hybridized carbons (Fsp3) is 0.562. The molecule has 1 aromatic carbocycles. The Labute approximate surface area is 120 Å². The van der Waals surface area contributed by atoms with Crippen LogP contribution in [0.5, 0.6) is 0 Å². The maximum Gasteiger partial charge on any atom is 0.410 e. The highest BCUT2D eigenvalue weighted by Crippen LogP contribution is 2.26. The number of carbonyl (C=O) groups excluding carboxylic acids is 1. The van der Waals surface area contributed by atoms with Crippen LogP contribution in [-0.4, -0.2) is 29.2 Å². The maximum absolute atomic E-state index is 12.4. The molecule has 2 rings (SSSR count). The molecule has 1 heterocycles. The Balaban J connectivity index is 2.19. The number of benzene rings is 1. The highest BCUT2D eigenvalue weighted by molar-refractivity contribution is 5.69. The van der Waals surface area contributed by atoms with Crippen LogP contribution in [0.15, 0.2) is 24.3 Å². The van der Waals surface area contributed by atoms with Gasteiger partial charge in [-0.25, -0.2) is 4.79 Å². The van der Waals surface area contributed by atoms with Gasteiger partial charge in [0.1, 0.15) is 5.60 Å². The molecule has 1 unspecified atom stereocenters. The lowest BCUT2D eigenvalue weighted by atomic mass is 9.92. The third kappa shape index (κ3) is 3.51. The van der Waals surface area contributed by atoms with Crippen molar-refractivity contribution in [3.05, 3.63) is 35.4 Å². The molecule has 20 heavy (non-hydrogen) atoms. The van der Waals surface area contributed by atoms with Gasteiger partial charge in [-0.15, -0.1) is 0 Å². The van der Waals surface area contributed by atoms with Crippen molar-refractivity contribution < 1.29 is 9.53 Å². The summed E-state index contributed by atoms with van der Waals surface area (Å²) in [6.45, 7) is 6.85. The van der Waals surface area contributed by atoms with E-state index in [1.165, 1.54) is 11.1 Å². The number of ether oxygens (including phenoxy) is 1. The van der Waals surface area contributed by atoms with Crippen molar-refractivity contribution in [1.82, 2.24) is 4.90 Å². The van der Waals surface area contributed by atoms with Crippen molar-refractivity contribution in [1.29, 1.82) is 0 Å². The average molecular weight is 276 g/mol. The molecule has 1 aromatic rings. The molecule has 0 radical (unpaired) electrons. The first kappa shape index (κ1) is 14.9. The molecular formula is C16H24N2O2. The first-order valence-corrected chi connectivity index (χ1v) is 7.17. The second kappa shape index (κ2) is 5.83. The van der Waals surface area contributed by atoms with Gasteiger partial charge in [0, 0.05) is 12.6 Å². The SMILES string of the molecule is CC(C)(C)OC(=O)N1Cc2ccccc2CC1CCN. The Bertz CT molecular complexity index is 480. The summed E-state index contributed by atoms with van der Waals surface area (Å²) in [5.41, 5.74) is 7.73. The predicted molar refractivity (Wildman–Crippen MR) is 79.4 cm³/mol. The smallest absolute Gasteiger partial charge is 0.410 e. The number of hydrogen-bond donors (Lipinski definition) is 1. The Morgan fingerprint density at radius 2 is 2.00 bits per heavy atom. The zero-order valence-electron chi connectivity index (χ0n) is 12.6. The van der Waals surface area contributed by atoms with E-state index in [0.717, 1.165) is 12.8 Å². The number of nitrogens with two attached hydrogens (primary N) is 1. The summed E-state index contributed by atoms with van der Waals surface area (Å²) in [6, 6.07) is 8.39. The van der Waals surface area contributed by atoms with E-state index in [0.29, 0.717) is 13.1 Å². The minimum absolute atomic E-state index is 0.129. The van der Waals surface area contributed by atoms with E-state index < -0.39 is 5.60 Å². The minimum atomic E-state index is -0.471. The molecule has 1 aliphatic heterocycles. The zero-order valence-corrected chi connectivity index (χ0v) is 12.6. The van der Waals surface area contributed by atoms with E-state index in [2.05, 4.69) is 12.1 Å². The number of hydrogen-bond acceptors (Lipinski definition) is 3. The van der Waals surface area contributed by atoms with E-state index in [9.17, 15) is 4.79 Å². The Morgan fingerprint density at radius 1 is 1.35 bits per heavy atom. The highest BCUT2D eigenvalue weighted by atomic mass is 16.6. The van der Waals surface area contributed by atoms with Crippen molar-refractivity contribution >= 4 is 6.09 Å². The van der Waals surface area contributed by atoms with Crippen LogP contribution in [0.3, 0.4) is 0 Å². The Hall–Kier alpha value is -1.55. The van der Waals surface area contributed by atoms with Gasteiger partial charge in [0.05, 0.1) is 0 Å². The molecular weight excluding hydrogens is 252 g/mol. The van der Waals surface area contributed by atoms with E-state index in [-0.39, 0.29) is 12.1 Å². The first-order chi connectivity index (χ1) is 9.40. The fourth-order valence-corrected chi connectivity index (χ4v) is 2.57. The topological polar surface area (TPSA) is 55.6 Å². The summed E-state index contributed by atoms with van der Waals surface area (Å²) < 4.78 is 5.51. The van der Waals surface area contributed by atoms with Crippen molar-refractivity contribution in [3.8, 4) is 0 Å². The fourth-order valence-electron chi connectivity index (χ4n) is 2.57. The minimum Gasteiger partial charge on any atom is -0.444 e. The number of fused-ring (bicyclic) bond motifs is 1. The van der Waals surface area contributed by atoms with Crippen LogP contribution in [0.4, 0.5) is 4.79 Å². The van der Waals surface area contributed by atoms with Crippen molar-refractivity contribution in [2.45, 2.75) is 51.8 Å². The van der Waals surface area contributed by atoms with Crippen LogP contribution < -0.4 is 5.73 Å². The van der Waals surface area contributed by atoms with Gasteiger partial charge in [-0.2, -0.15) is 0 Å². The normalized spacial score (nSPS) is 18.6. The Kier molecular flexibility index (Phi) is 4.33. The predicted octanol–water partition coefficient (Wildman–Crippen LogP) is 2.70. The molecule has 2 N–H and O–H groups in total. The van der Waals surface area contributed by atoms with Gasteiger partial charge < -0.3 is 15.4 Å². The van der Waals surface area contributed by atoms with E-state index >= 15 is 0 Å². The molecule has 1 aliphatic rings. The number of rotatable bonds is 2. The third-order valence-corrected chi connectivity index (χ3v) is 3.48. The van der Waals surface area contributed by atoms with Crippen LogP contribution in [-0.2, 0) is 17.7 Å². The molecule has 4 nitrogen and oxygen atoms in total. The second-order valence-electron chi connectivity index (χ2n) is 6.31. The number of nitrogens with zero attached hydrogens (tertiary/aromatic N) is 1. The van der Waals surface area contributed by atoms with Crippen LogP contribution >= 0.6 is 0 Å². The highest BCUT2D eigenvalue weighted by Gasteiger charge is 2.32. The van der Waals surface area contributed by atoms with Gasteiger partial charge >= 0.3 is 6.09 Å². The first-order valence-electron chi connectivity index (χ1n) is 7.17. The van der Waals surface area contributed by atoms with Crippen LogP contribution in [0.25, 0.3) is 0 Å². The average Bonchev–Trinajstić information content (AvgIpc) is 2.36. The van der Waals surface area contributed by atoms with Gasteiger partial charge in [0.25, 0.3) is 0 Å². The van der Waals surface area contributed by atoms with Gasteiger partial charge in [-0.05, 0) is 51.3 Å². The summed E-state index contributed by atoms with van der Waals surface area (Å²) in [5.74, 6) is 0. The maximum atomic E-state index is 12.4. The lowest BCUT2D eigenvalue weighted by molar-refractivity contribution is 0.0113. The summed E-state index contributed by atoms with van der Waals surface area (Å²) in [7, 11) is 0. The van der Waals surface area contributed by atoms with Gasteiger partial charge in [0.15, 0.2) is 0 Å². The second-order valence-corrected chi connectivity index (χ2v) is 6.31. The van der Waals surface area contributed by atoms with E-state index in [4.69, 9.17) is 10.5 Å². The summed E-state index contributed by atoms with van der Waals surface area (Å²) >= 11 is 0. The van der Waals surface area contributed by atoms with Crippen molar-refractivity contribution in [2.75, 3.05) is 6.54 Å². The lowest BCUT2D eigenvalue weighted by Crippen LogP contribution is -2.47. The van der Waals surface area contributed by atoms with Gasteiger partial charge in [-0.3, -0.25) is 0 Å². The van der Waals surface area contributed by atoms with Crippen molar-refractivity contribution in [2.24, 2.45) is 5.73 Å². The molecule has 0 aliphatic carbocycles. The van der Waals surface area contributed by atoms with Crippen LogP contribution in [0, 0.1) is 0 Å². The molecule has 110 valence electrons. The third-order valence-electron chi connectivity index (χ3n) is 3.48. The van der Waals surface area contributed by atoms with E-state index in [1.54, 1.807) is 0 Å². The molecule has 4 heteroatoms. The van der Waals surface area contributed by atoms with Gasteiger partial charge in [-0.1, -0.05) is 24.3 Å². The summed E-state index contributed by atoms with van der Waals surface area (Å²) in [6.07, 6.45) is 1.41. The quantitative estimate of drug-likeness (QED) is 0.903. The largest absolute Gasteiger partial charge is 0.444 e. The van der Waals surface area contributed by atoms with Crippen molar-refractivity contribution in [3.63, 3.8) is 0 Å². The summed E-state index contributed by atoms with van der Waals surface area (Å²) in [5, 5.41) is 0. The molecule has 1 amide bonds. The molecule has 1 atom stereocenters. The lowest BCUT2D eigenvalue weighted by Gasteiger charge is -2.37. The molecule has 0 bridgehead atoms.